The van der Waals surface area contributed by atoms with Crippen molar-refractivity contribution < 1.29 is 26.7 Å². The maximum atomic E-state index is 12.7. The summed E-state index contributed by atoms with van der Waals surface area (Å²) in [6, 6.07) is 3.13. The van der Waals surface area contributed by atoms with Crippen molar-refractivity contribution in [2.75, 3.05) is 18.6 Å². The van der Waals surface area contributed by atoms with Gasteiger partial charge in [0.15, 0.2) is 9.84 Å². The molecule has 1 aromatic carbocycles. The molecule has 1 fully saturated rings. The van der Waals surface area contributed by atoms with Crippen LogP contribution in [0.1, 0.15) is 17.5 Å². The molecule has 0 saturated carbocycles. The summed E-state index contributed by atoms with van der Waals surface area (Å²) >= 11 is 0. The van der Waals surface area contributed by atoms with Crippen molar-refractivity contribution in [1.82, 2.24) is 4.90 Å². The molecule has 0 amide bonds. The van der Waals surface area contributed by atoms with Crippen LogP contribution in [0.25, 0.3) is 0 Å². The Hall–Kier alpha value is -1.28. The van der Waals surface area contributed by atoms with E-state index < -0.39 is 27.3 Å². The second-order valence-electron chi connectivity index (χ2n) is 5.32. The van der Waals surface area contributed by atoms with Crippen molar-refractivity contribution >= 4 is 9.84 Å². The van der Waals surface area contributed by atoms with Crippen LogP contribution in [0, 0.1) is 0 Å². The fraction of sp³-hybridized carbons (Fsp3) is 0.538. The van der Waals surface area contributed by atoms with Gasteiger partial charge in [0.25, 0.3) is 0 Å². The number of phenols is 1. The quantitative estimate of drug-likeness (QED) is 0.925. The lowest BCUT2D eigenvalue weighted by molar-refractivity contribution is -0.138. The summed E-state index contributed by atoms with van der Waals surface area (Å²) in [5.74, 6) is -0.656. The maximum Gasteiger partial charge on any atom is 0.419 e. The number of phenolic OH excluding ortho intramolecular Hbond substituents is 1. The van der Waals surface area contributed by atoms with Crippen LogP contribution in [0.2, 0.25) is 0 Å². The molecule has 21 heavy (non-hydrogen) atoms. The first-order valence-corrected chi connectivity index (χ1v) is 8.20. The molecule has 8 heteroatoms. The van der Waals surface area contributed by atoms with Gasteiger partial charge in [-0.05, 0) is 31.2 Å². The van der Waals surface area contributed by atoms with Gasteiger partial charge in [-0.15, -0.1) is 0 Å². The van der Waals surface area contributed by atoms with Gasteiger partial charge < -0.3 is 5.11 Å². The fourth-order valence-electron chi connectivity index (χ4n) is 2.45. The third-order valence-corrected chi connectivity index (χ3v) is 5.38. The normalized spacial score (nSPS) is 21.9. The average Bonchev–Trinajstić information content (AvgIpc) is 2.71. The van der Waals surface area contributed by atoms with E-state index in [0.29, 0.717) is 12.0 Å². The zero-order chi connectivity index (χ0) is 15.8. The smallest absolute Gasteiger partial charge is 0.419 e. The minimum Gasteiger partial charge on any atom is -0.507 e. The van der Waals surface area contributed by atoms with Gasteiger partial charge in [-0.1, -0.05) is 6.07 Å². The van der Waals surface area contributed by atoms with Crippen LogP contribution in [-0.2, 0) is 22.6 Å². The lowest BCUT2D eigenvalue weighted by Crippen LogP contribution is -2.32. The first-order chi connectivity index (χ1) is 9.58. The molecule has 0 aromatic heterocycles. The SMILES string of the molecule is CN(Cc1ccc(O)c(C(F)(F)F)c1)C1CCS(=O)(=O)C1. The largest absolute Gasteiger partial charge is 0.507 e. The van der Waals surface area contributed by atoms with Crippen LogP contribution in [0.3, 0.4) is 0 Å². The van der Waals surface area contributed by atoms with Crippen LogP contribution >= 0.6 is 0 Å². The first-order valence-electron chi connectivity index (χ1n) is 6.38. The number of aromatic hydroxyl groups is 1. The summed E-state index contributed by atoms with van der Waals surface area (Å²) in [7, 11) is -1.35. The van der Waals surface area contributed by atoms with E-state index in [1.165, 1.54) is 6.07 Å². The van der Waals surface area contributed by atoms with E-state index in [9.17, 15) is 26.7 Å². The van der Waals surface area contributed by atoms with Gasteiger partial charge in [0, 0.05) is 12.6 Å². The summed E-state index contributed by atoms with van der Waals surface area (Å²) in [4.78, 5) is 1.73. The highest BCUT2D eigenvalue weighted by molar-refractivity contribution is 7.91. The Balaban J connectivity index is 2.13. The molecule has 1 heterocycles. The number of alkyl halides is 3. The molecule has 0 bridgehead atoms. The van der Waals surface area contributed by atoms with E-state index in [1.54, 1.807) is 11.9 Å². The molecule has 1 aliphatic heterocycles. The topological polar surface area (TPSA) is 57.6 Å². The fourth-order valence-corrected chi connectivity index (χ4v) is 4.25. The Morgan fingerprint density at radius 2 is 2.05 bits per heavy atom. The Bertz CT molecular complexity index is 628. The van der Waals surface area contributed by atoms with Gasteiger partial charge in [-0.2, -0.15) is 13.2 Å². The van der Waals surface area contributed by atoms with Crippen molar-refractivity contribution in [2.24, 2.45) is 0 Å². The Kier molecular flexibility index (Phi) is 4.21. The number of hydrogen-bond acceptors (Lipinski definition) is 4. The van der Waals surface area contributed by atoms with Gasteiger partial charge >= 0.3 is 6.18 Å². The molecule has 1 atom stereocenters. The van der Waals surface area contributed by atoms with E-state index in [4.69, 9.17) is 0 Å². The van der Waals surface area contributed by atoms with Crippen LogP contribution in [0.4, 0.5) is 13.2 Å². The van der Waals surface area contributed by atoms with E-state index in [0.717, 1.165) is 12.1 Å². The molecule has 0 aliphatic carbocycles. The summed E-state index contributed by atoms with van der Waals surface area (Å²) < 4.78 is 61.0. The highest BCUT2D eigenvalue weighted by atomic mass is 32.2. The highest BCUT2D eigenvalue weighted by Crippen LogP contribution is 2.36. The Morgan fingerprint density at radius 3 is 2.57 bits per heavy atom. The van der Waals surface area contributed by atoms with E-state index in [2.05, 4.69) is 0 Å². The first kappa shape index (κ1) is 16.1. The second kappa shape index (κ2) is 5.49. The molecular formula is C13H16F3NO3S. The molecule has 1 unspecified atom stereocenters. The van der Waals surface area contributed by atoms with E-state index in [-0.39, 0.29) is 24.1 Å². The van der Waals surface area contributed by atoms with Crippen LogP contribution in [0.15, 0.2) is 18.2 Å². The van der Waals surface area contributed by atoms with Crippen LogP contribution < -0.4 is 0 Å². The number of nitrogens with zero attached hydrogens (tertiary/aromatic N) is 1. The van der Waals surface area contributed by atoms with Crippen molar-refractivity contribution in [1.29, 1.82) is 0 Å². The molecule has 1 saturated heterocycles. The highest BCUT2D eigenvalue weighted by Gasteiger charge is 2.34. The van der Waals surface area contributed by atoms with Crippen LogP contribution in [-0.4, -0.2) is 43.0 Å². The predicted molar refractivity (Wildman–Crippen MR) is 71.6 cm³/mol. The summed E-state index contributed by atoms with van der Waals surface area (Å²) in [6.45, 7) is 0.198. The standard InChI is InChI=1S/C13H16F3NO3S/c1-17(10-4-5-21(19,20)8-10)7-9-2-3-12(18)11(6-9)13(14,15)16/h2-3,6,10,18H,4-5,7-8H2,1H3. The number of halogens is 3. The molecule has 1 N–H and O–H groups in total. The van der Waals surface area contributed by atoms with Crippen molar-refractivity contribution in [2.45, 2.75) is 25.2 Å². The minimum absolute atomic E-state index is 0.0354. The molecule has 118 valence electrons. The Labute approximate surface area is 121 Å². The van der Waals surface area contributed by atoms with Gasteiger partial charge in [0.05, 0.1) is 17.1 Å². The molecule has 2 rings (SSSR count). The van der Waals surface area contributed by atoms with Crippen molar-refractivity contribution in [3.8, 4) is 5.75 Å². The van der Waals surface area contributed by atoms with Crippen molar-refractivity contribution in [3.63, 3.8) is 0 Å². The summed E-state index contributed by atoms with van der Waals surface area (Å²) in [6.07, 6.45) is -4.13. The van der Waals surface area contributed by atoms with Gasteiger partial charge in [0.1, 0.15) is 5.75 Å². The lowest BCUT2D eigenvalue weighted by atomic mass is 10.1. The zero-order valence-corrected chi connectivity index (χ0v) is 12.2. The maximum absolute atomic E-state index is 12.7. The molecule has 0 radical (unpaired) electrons. The average molecular weight is 323 g/mol. The Morgan fingerprint density at radius 1 is 1.38 bits per heavy atom. The van der Waals surface area contributed by atoms with Gasteiger partial charge in [-0.3, -0.25) is 4.90 Å². The summed E-state index contributed by atoms with van der Waals surface area (Å²) in [5.41, 5.74) is -0.695. The van der Waals surface area contributed by atoms with E-state index >= 15 is 0 Å². The third-order valence-electron chi connectivity index (χ3n) is 3.63. The van der Waals surface area contributed by atoms with Crippen molar-refractivity contribution in [3.05, 3.63) is 29.3 Å². The lowest BCUT2D eigenvalue weighted by Gasteiger charge is -2.23. The third kappa shape index (κ3) is 3.88. The number of rotatable bonds is 3. The monoisotopic (exact) mass is 323 g/mol. The molecule has 0 spiro atoms. The molecule has 4 nitrogen and oxygen atoms in total. The number of hydrogen-bond donors (Lipinski definition) is 1. The number of benzene rings is 1. The van der Waals surface area contributed by atoms with Crippen LogP contribution in [0.5, 0.6) is 5.75 Å². The van der Waals surface area contributed by atoms with Gasteiger partial charge in [0.2, 0.25) is 0 Å². The number of sulfone groups is 1. The molecule has 1 aliphatic rings. The zero-order valence-electron chi connectivity index (χ0n) is 11.4. The predicted octanol–water partition coefficient (Wildman–Crippen LogP) is 2.03. The second-order valence-corrected chi connectivity index (χ2v) is 7.55. The molecular weight excluding hydrogens is 307 g/mol. The van der Waals surface area contributed by atoms with E-state index in [1.807, 2.05) is 0 Å². The minimum atomic E-state index is -4.62. The van der Waals surface area contributed by atoms with Gasteiger partial charge in [-0.25, -0.2) is 8.42 Å². The molecule has 1 aromatic rings. The summed E-state index contributed by atoms with van der Waals surface area (Å²) in [5, 5.41) is 9.27.